The summed E-state index contributed by atoms with van der Waals surface area (Å²) in [5, 5.41) is 0. The molecule has 0 N–H and O–H groups in total. The smallest absolute Gasteiger partial charge is 0.0502 e. The van der Waals surface area contributed by atoms with Gasteiger partial charge >= 0.3 is 0 Å². The van der Waals surface area contributed by atoms with Gasteiger partial charge in [-0.1, -0.05) is 30.3 Å². The molecule has 13 heavy (non-hydrogen) atoms. The van der Waals surface area contributed by atoms with Crippen molar-refractivity contribution in [3.8, 4) is 0 Å². The van der Waals surface area contributed by atoms with Crippen LogP contribution in [0.4, 0.5) is 0 Å². The second-order valence-electron chi connectivity index (χ2n) is 2.64. The van der Waals surface area contributed by atoms with Crippen LogP contribution in [0.5, 0.6) is 0 Å². The topological polar surface area (TPSA) is 18.5 Å². The zero-order valence-electron chi connectivity index (χ0n) is 8.62. The highest BCUT2D eigenvalue weighted by Crippen LogP contribution is 1.98. The quantitative estimate of drug-likeness (QED) is 0.713. The Morgan fingerprint density at radius 1 is 1.00 bits per heavy atom. The lowest BCUT2D eigenvalue weighted by Crippen LogP contribution is -1.92. The number of rotatable bonds is 3. The average molecular weight is 182 g/mol. The Hall–Kier alpha value is -0.860. The van der Waals surface area contributed by atoms with E-state index in [0.717, 1.165) is 13.0 Å². The Bertz CT molecular complexity index is 185. The molecule has 0 bridgehead atoms. The van der Waals surface area contributed by atoms with E-state index in [1.807, 2.05) is 18.2 Å². The minimum Gasteiger partial charge on any atom is -0.388 e. The summed E-state index contributed by atoms with van der Waals surface area (Å²) in [5.41, 5.74) is 1.34. The minimum absolute atomic E-state index is 0.810. The van der Waals surface area contributed by atoms with Crippen LogP contribution in [0, 0.1) is 0 Å². The first-order valence-electron chi connectivity index (χ1n) is 4.28. The summed E-state index contributed by atoms with van der Waals surface area (Å²) in [6.45, 7) is 0.810. The lowest BCUT2D eigenvalue weighted by Gasteiger charge is -1.97. The summed E-state index contributed by atoms with van der Waals surface area (Å²) in [7, 11) is 4.98. The summed E-state index contributed by atoms with van der Waals surface area (Å²) >= 11 is 0. The molecule has 1 rings (SSSR count). The van der Waals surface area contributed by atoms with Crippen molar-refractivity contribution in [1.82, 2.24) is 0 Å². The maximum Gasteiger partial charge on any atom is 0.0502 e. The molecule has 0 aliphatic rings. The summed E-state index contributed by atoms with van der Waals surface area (Å²) in [5.74, 6) is 0. The number of ether oxygens (including phenoxy) is 2. The van der Waals surface area contributed by atoms with Crippen molar-refractivity contribution in [3.05, 3.63) is 35.9 Å². The first-order chi connectivity index (χ1) is 6.35. The van der Waals surface area contributed by atoms with E-state index in [1.54, 1.807) is 21.3 Å². The molecule has 0 unspecified atom stereocenters. The minimum atomic E-state index is 0.810. The van der Waals surface area contributed by atoms with E-state index < -0.39 is 0 Å². The fraction of sp³-hybridized carbons (Fsp3) is 0.455. The van der Waals surface area contributed by atoms with Gasteiger partial charge in [0.15, 0.2) is 0 Å². The monoisotopic (exact) mass is 182 g/mol. The molecule has 0 aromatic heterocycles. The Balaban J connectivity index is 0.000000424. The fourth-order valence-electron chi connectivity index (χ4n) is 0.865. The predicted molar refractivity (Wildman–Crippen MR) is 55.0 cm³/mol. The van der Waals surface area contributed by atoms with Gasteiger partial charge in [-0.25, -0.2) is 0 Å². The molecular weight excluding hydrogens is 164 g/mol. The summed E-state index contributed by atoms with van der Waals surface area (Å²) in [6, 6.07) is 10.3. The molecular formula is C11H18O2. The molecule has 0 atom stereocenters. The highest BCUT2D eigenvalue weighted by molar-refractivity contribution is 5.14. The van der Waals surface area contributed by atoms with Crippen LogP contribution in [0.25, 0.3) is 0 Å². The SMILES string of the molecule is COC.COCCc1ccccc1. The van der Waals surface area contributed by atoms with Crippen LogP contribution < -0.4 is 0 Å². The number of benzene rings is 1. The van der Waals surface area contributed by atoms with Gasteiger partial charge in [0.2, 0.25) is 0 Å². The van der Waals surface area contributed by atoms with Crippen LogP contribution in [0.1, 0.15) is 5.56 Å². The van der Waals surface area contributed by atoms with Crippen LogP contribution in [0.2, 0.25) is 0 Å². The number of hydrogen-bond donors (Lipinski definition) is 0. The molecule has 0 fully saturated rings. The molecule has 0 aliphatic heterocycles. The fourth-order valence-corrected chi connectivity index (χ4v) is 0.865. The van der Waals surface area contributed by atoms with Gasteiger partial charge in [-0.2, -0.15) is 0 Å². The molecule has 0 saturated heterocycles. The van der Waals surface area contributed by atoms with E-state index in [-0.39, 0.29) is 0 Å². The van der Waals surface area contributed by atoms with Crippen molar-refractivity contribution in [2.45, 2.75) is 6.42 Å². The lowest BCUT2D eigenvalue weighted by atomic mass is 10.2. The molecule has 2 heteroatoms. The van der Waals surface area contributed by atoms with Crippen LogP contribution in [-0.4, -0.2) is 27.9 Å². The first-order valence-corrected chi connectivity index (χ1v) is 4.28. The molecule has 0 spiro atoms. The molecule has 74 valence electrons. The van der Waals surface area contributed by atoms with Crippen LogP contribution in [-0.2, 0) is 15.9 Å². The second-order valence-corrected chi connectivity index (χ2v) is 2.64. The molecule has 0 aliphatic carbocycles. The van der Waals surface area contributed by atoms with Crippen LogP contribution in [0.15, 0.2) is 30.3 Å². The predicted octanol–water partition coefficient (Wildman–Crippen LogP) is 2.14. The summed E-state index contributed by atoms with van der Waals surface area (Å²) < 4.78 is 9.20. The van der Waals surface area contributed by atoms with E-state index in [0.29, 0.717) is 0 Å². The largest absolute Gasteiger partial charge is 0.388 e. The van der Waals surface area contributed by atoms with Gasteiger partial charge in [-0.3, -0.25) is 0 Å². The van der Waals surface area contributed by atoms with Gasteiger partial charge in [0.25, 0.3) is 0 Å². The van der Waals surface area contributed by atoms with Gasteiger partial charge < -0.3 is 9.47 Å². The lowest BCUT2D eigenvalue weighted by molar-refractivity contribution is 0.202. The van der Waals surface area contributed by atoms with Gasteiger partial charge in [0.05, 0.1) is 6.61 Å². The Morgan fingerprint density at radius 2 is 1.54 bits per heavy atom. The average Bonchev–Trinajstić information content (AvgIpc) is 2.18. The molecule has 0 radical (unpaired) electrons. The van der Waals surface area contributed by atoms with E-state index in [9.17, 15) is 0 Å². The van der Waals surface area contributed by atoms with Crippen LogP contribution >= 0.6 is 0 Å². The van der Waals surface area contributed by atoms with Gasteiger partial charge in [0, 0.05) is 21.3 Å². The van der Waals surface area contributed by atoms with Crippen molar-refractivity contribution >= 4 is 0 Å². The highest BCUT2D eigenvalue weighted by atomic mass is 16.5. The third-order valence-corrected chi connectivity index (χ3v) is 1.44. The third-order valence-electron chi connectivity index (χ3n) is 1.44. The van der Waals surface area contributed by atoms with E-state index in [4.69, 9.17) is 4.74 Å². The van der Waals surface area contributed by atoms with Crippen molar-refractivity contribution in [1.29, 1.82) is 0 Å². The van der Waals surface area contributed by atoms with Crippen molar-refractivity contribution in [3.63, 3.8) is 0 Å². The molecule has 0 heterocycles. The Labute approximate surface area is 80.5 Å². The molecule has 2 nitrogen and oxygen atoms in total. The Morgan fingerprint density at radius 3 is 2.00 bits per heavy atom. The molecule has 1 aromatic rings. The summed E-state index contributed by atoms with van der Waals surface area (Å²) in [6.07, 6.45) is 1.01. The number of hydrogen-bond acceptors (Lipinski definition) is 2. The van der Waals surface area contributed by atoms with Crippen molar-refractivity contribution in [2.24, 2.45) is 0 Å². The third kappa shape index (κ3) is 7.50. The molecule has 1 aromatic carbocycles. The van der Waals surface area contributed by atoms with Gasteiger partial charge in [0.1, 0.15) is 0 Å². The maximum absolute atomic E-state index is 4.95. The van der Waals surface area contributed by atoms with E-state index in [2.05, 4.69) is 16.9 Å². The van der Waals surface area contributed by atoms with Crippen LogP contribution in [0.3, 0.4) is 0 Å². The zero-order valence-corrected chi connectivity index (χ0v) is 8.62. The maximum atomic E-state index is 4.95. The van der Waals surface area contributed by atoms with Gasteiger partial charge in [-0.15, -0.1) is 0 Å². The second kappa shape index (κ2) is 9.23. The highest BCUT2D eigenvalue weighted by Gasteiger charge is 1.87. The summed E-state index contributed by atoms with van der Waals surface area (Å²) in [4.78, 5) is 0. The normalized spacial score (nSPS) is 8.85. The van der Waals surface area contributed by atoms with Crippen molar-refractivity contribution in [2.75, 3.05) is 27.9 Å². The van der Waals surface area contributed by atoms with E-state index in [1.165, 1.54) is 5.56 Å². The zero-order chi connectivity index (χ0) is 9.94. The molecule has 0 saturated carbocycles. The first kappa shape index (κ1) is 12.1. The van der Waals surface area contributed by atoms with E-state index >= 15 is 0 Å². The number of methoxy groups -OCH3 is 2. The standard InChI is InChI=1S/C9H12O.C2H6O/c1-10-8-7-9-5-3-2-4-6-9;1-3-2/h2-6H,7-8H2,1H3;1-2H3. The van der Waals surface area contributed by atoms with Gasteiger partial charge in [-0.05, 0) is 12.0 Å². The Kier molecular flexibility index (Phi) is 8.62. The van der Waals surface area contributed by atoms with Crippen molar-refractivity contribution < 1.29 is 9.47 Å². The molecule has 0 amide bonds.